The molecule has 190 valence electrons. The van der Waals surface area contributed by atoms with Crippen LogP contribution in [0.15, 0.2) is 73.1 Å². The van der Waals surface area contributed by atoms with Crippen LogP contribution in [0.5, 0.6) is 0 Å². The Bertz CT molecular complexity index is 1330. The largest absolute Gasteiger partial charge is 0.369 e. The van der Waals surface area contributed by atoms with Crippen LogP contribution in [0.1, 0.15) is 36.8 Å². The van der Waals surface area contributed by atoms with Crippen LogP contribution in [-0.4, -0.2) is 27.4 Å². The molecule has 1 aliphatic carbocycles. The Morgan fingerprint density at radius 1 is 1.03 bits per heavy atom. The van der Waals surface area contributed by atoms with E-state index < -0.39 is 0 Å². The molecule has 0 unspecified atom stereocenters. The first-order valence-electron chi connectivity index (χ1n) is 12.7. The second-order valence-corrected chi connectivity index (χ2v) is 10.8. The Hall–Kier alpha value is -3.78. The molecule has 1 amide bonds. The van der Waals surface area contributed by atoms with Gasteiger partial charge in [0.2, 0.25) is 5.91 Å². The molecule has 0 bridgehead atoms. The van der Waals surface area contributed by atoms with Gasteiger partial charge in [-0.1, -0.05) is 47.7 Å². The zero-order chi connectivity index (χ0) is 25.6. The van der Waals surface area contributed by atoms with Crippen molar-refractivity contribution in [2.24, 2.45) is 17.6 Å². The van der Waals surface area contributed by atoms with E-state index in [2.05, 4.69) is 39.5 Å². The summed E-state index contributed by atoms with van der Waals surface area (Å²) in [6, 6.07) is 20.4. The minimum atomic E-state index is -0.161. The van der Waals surface area contributed by atoms with Crippen molar-refractivity contribution in [1.82, 2.24) is 15.0 Å². The first kappa shape index (κ1) is 24.9. The van der Waals surface area contributed by atoms with E-state index in [1.807, 2.05) is 49.5 Å². The van der Waals surface area contributed by atoms with Gasteiger partial charge in [0.25, 0.3) is 0 Å². The van der Waals surface area contributed by atoms with Gasteiger partial charge in [0.05, 0.1) is 10.6 Å². The standard InChI is InChI=1S/C29H32N6OS/c1-20-14-15-31-27(16-20)34-26-9-5-8-24(33-26)25-17-32-29(37-25)35(18-21-6-3-2-4-7-21)19-22-10-12-23(13-11-22)28(30)36/h2-9,14-17,22-23H,10-13,18-19H2,1H3,(H2,30,36)(H,31,33,34). The summed E-state index contributed by atoms with van der Waals surface area (Å²) in [5.41, 5.74) is 8.82. The minimum absolute atomic E-state index is 0.0206. The monoisotopic (exact) mass is 512 g/mol. The van der Waals surface area contributed by atoms with Crippen LogP contribution in [0.2, 0.25) is 0 Å². The fourth-order valence-corrected chi connectivity index (χ4v) is 5.76. The zero-order valence-corrected chi connectivity index (χ0v) is 21.8. The lowest BCUT2D eigenvalue weighted by Gasteiger charge is -2.32. The number of benzene rings is 1. The zero-order valence-electron chi connectivity index (χ0n) is 21.0. The summed E-state index contributed by atoms with van der Waals surface area (Å²) in [5, 5.41) is 4.28. The molecular formula is C29H32N6OS. The van der Waals surface area contributed by atoms with Crippen molar-refractivity contribution >= 4 is 34.0 Å². The lowest BCUT2D eigenvalue weighted by atomic mass is 9.81. The predicted molar refractivity (Wildman–Crippen MR) is 150 cm³/mol. The number of nitrogens with two attached hydrogens (primary N) is 1. The van der Waals surface area contributed by atoms with E-state index >= 15 is 0 Å². The molecule has 0 spiro atoms. The molecule has 37 heavy (non-hydrogen) atoms. The summed E-state index contributed by atoms with van der Waals surface area (Å²) >= 11 is 1.66. The minimum Gasteiger partial charge on any atom is -0.369 e. The number of pyridine rings is 2. The Labute approximate surface area is 221 Å². The van der Waals surface area contributed by atoms with Crippen molar-refractivity contribution in [3.63, 3.8) is 0 Å². The molecule has 5 rings (SSSR count). The molecule has 3 N–H and O–H groups in total. The summed E-state index contributed by atoms with van der Waals surface area (Å²) in [6.07, 6.45) is 7.49. The molecule has 0 radical (unpaired) electrons. The van der Waals surface area contributed by atoms with E-state index in [1.165, 1.54) is 5.56 Å². The highest BCUT2D eigenvalue weighted by atomic mass is 32.1. The number of aryl methyl sites for hydroxylation is 1. The van der Waals surface area contributed by atoms with Gasteiger partial charge >= 0.3 is 0 Å². The number of carbonyl (C=O) groups excluding carboxylic acids is 1. The number of primary amides is 1. The van der Waals surface area contributed by atoms with Crippen LogP contribution >= 0.6 is 11.3 Å². The Morgan fingerprint density at radius 2 is 1.84 bits per heavy atom. The maximum Gasteiger partial charge on any atom is 0.220 e. The maximum atomic E-state index is 11.6. The van der Waals surface area contributed by atoms with Gasteiger partial charge in [0.1, 0.15) is 11.6 Å². The molecule has 4 aromatic rings. The smallest absolute Gasteiger partial charge is 0.220 e. The summed E-state index contributed by atoms with van der Waals surface area (Å²) in [4.78, 5) is 29.0. The molecule has 0 atom stereocenters. The van der Waals surface area contributed by atoms with Gasteiger partial charge in [-0.25, -0.2) is 15.0 Å². The first-order chi connectivity index (χ1) is 18.0. The first-order valence-corrected chi connectivity index (χ1v) is 13.6. The van der Waals surface area contributed by atoms with Crippen LogP contribution in [0.4, 0.5) is 16.8 Å². The van der Waals surface area contributed by atoms with Gasteiger partial charge in [-0.05, 0) is 73.9 Å². The molecule has 1 fully saturated rings. The third-order valence-corrected chi connectivity index (χ3v) is 7.96. The van der Waals surface area contributed by atoms with Gasteiger partial charge in [-0.15, -0.1) is 0 Å². The van der Waals surface area contributed by atoms with Crippen LogP contribution in [0.25, 0.3) is 10.6 Å². The molecule has 7 nitrogen and oxygen atoms in total. The number of carbonyl (C=O) groups is 1. The van der Waals surface area contributed by atoms with Crippen LogP contribution in [0, 0.1) is 18.8 Å². The highest BCUT2D eigenvalue weighted by Gasteiger charge is 2.27. The lowest BCUT2D eigenvalue weighted by Crippen LogP contribution is -2.34. The quantitative estimate of drug-likeness (QED) is 0.288. The fourth-order valence-electron chi connectivity index (χ4n) is 4.86. The van der Waals surface area contributed by atoms with E-state index in [-0.39, 0.29) is 11.8 Å². The highest BCUT2D eigenvalue weighted by Crippen LogP contribution is 2.35. The van der Waals surface area contributed by atoms with E-state index in [0.29, 0.717) is 5.92 Å². The molecular weight excluding hydrogens is 480 g/mol. The van der Waals surface area contributed by atoms with E-state index in [0.717, 1.165) is 71.7 Å². The number of hydrogen-bond acceptors (Lipinski definition) is 7. The number of thiazole rings is 1. The lowest BCUT2D eigenvalue weighted by molar-refractivity contribution is -0.122. The third-order valence-electron chi connectivity index (χ3n) is 6.88. The molecule has 3 aromatic heterocycles. The molecule has 1 aliphatic rings. The average Bonchev–Trinajstić information content (AvgIpc) is 3.40. The second-order valence-electron chi connectivity index (χ2n) is 9.74. The predicted octanol–water partition coefficient (Wildman–Crippen LogP) is 5.95. The molecule has 1 saturated carbocycles. The number of amides is 1. The molecule has 0 aliphatic heterocycles. The van der Waals surface area contributed by atoms with Gasteiger partial charge < -0.3 is 16.0 Å². The molecule has 1 aromatic carbocycles. The van der Waals surface area contributed by atoms with Crippen molar-refractivity contribution in [3.8, 4) is 10.6 Å². The number of nitrogens with zero attached hydrogens (tertiary/aromatic N) is 4. The van der Waals surface area contributed by atoms with Crippen LogP contribution < -0.4 is 16.0 Å². The van der Waals surface area contributed by atoms with Crippen molar-refractivity contribution in [2.75, 3.05) is 16.8 Å². The van der Waals surface area contributed by atoms with Gasteiger partial charge in [-0.2, -0.15) is 0 Å². The normalized spacial score (nSPS) is 17.3. The molecule has 3 heterocycles. The Morgan fingerprint density at radius 3 is 2.59 bits per heavy atom. The van der Waals surface area contributed by atoms with Crippen LogP contribution in [0.3, 0.4) is 0 Å². The summed E-state index contributed by atoms with van der Waals surface area (Å²) in [7, 11) is 0. The van der Waals surface area contributed by atoms with Crippen molar-refractivity contribution in [1.29, 1.82) is 0 Å². The highest BCUT2D eigenvalue weighted by molar-refractivity contribution is 7.18. The number of hydrogen-bond donors (Lipinski definition) is 2. The topological polar surface area (TPSA) is 97.0 Å². The van der Waals surface area contributed by atoms with Crippen molar-refractivity contribution in [2.45, 2.75) is 39.2 Å². The number of rotatable bonds is 9. The maximum absolute atomic E-state index is 11.6. The van der Waals surface area contributed by atoms with E-state index in [9.17, 15) is 4.79 Å². The van der Waals surface area contributed by atoms with E-state index in [1.54, 1.807) is 17.5 Å². The number of aromatic nitrogens is 3. The fraction of sp³-hybridized carbons (Fsp3) is 0.310. The Kier molecular flexibility index (Phi) is 7.75. The van der Waals surface area contributed by atoms with Gasteiger partial charge in [-0.3, -0.25) is 4.79 Å². The van der Waals surface area contributed by atoms with Crippen LogP contribution in [-0.2, 0) is 11.3 Å². The summed E-state index contributed by atoms with van der Waals surface area (Å²) < 4.78 is 0. The number of anilines is 3. The van der Waals surface area contributed by atoms with Crippen molar-refractivity contribution in [3.05, 3.63) is 84.2 Å². The van der Waals surface area contributed by atoms with Gasteiger partial charge in [0.15, 0.2) is 5.13 Å². The molecule has 8 heteroatoms. The molecule has 0 saturated heterocycles. The SMILES string of the molecule is Cc1ccnc(Nc2cccc(-c3cnc(N(Cc4ccccc4)CC4CCC(C(N)=O)CC4)s3)n2)c1. The average molecular weight is 513 g/mol. The summed E-state index contributed by atoms with van der Waals surface area (Å²) in [6.45, 7) is 3.74. The third kappa shape index (κ3) is 6.51. The summed E-state index contributed by atoms with van der Waals surface area (Å²) in [5.74, 6) is 1.89. The second kappa shape index (κ2) is 11.5. The van der Waals surface area contributed by atoms with E-state index in [4.69, 9.17) is 15.7 Å². The van der Waals surface area contributed by atoms with Crippen molar-refractivity contribution < 1.29 is 4.79 Å². The Balaban J connectivity index is 1.34. The van der Waals surface area contributed by atoms with Gasteiger partial charge in [0, 0.05) is 31.4 Å². The number of nitrogens with one attached hydrogen (secondary N) is 1.